The van der Waals surface area contributed by atoms with Crippen molar-refractivity contribution in [1.29, 1.82) is 0 Å². The Hall–Kier alpha value is -1.25. The number of hydrogen-bond donors (Lipinski definition) is 1. The van der Waals surface area contributed by atoms with Crippen LogP contribution in [0.15, 0.2) is 29.1 Å². The van der Waals surface area contributed by atoms with Crippen molar-refractivity contribution in [3.63, 3.8) is 0 Å². The fourth-order valence-corrected chi connectivity index (χ4v) is 4.08. The molecule has 0 amide bonds. The number of aryl methyl sites for hydroxylation is 2. The molecule has 1 aliphatic carbocycles. The summed E-state index contributed by atoms with van der Waals surface area (Å²) < 4.78 is 0. The van der Waals surface area contributed by atoms with Crippen LogP contribution in [0.4, 0.5) is 0 Å². The summed E-state index contributed by atoms with van der Waals surface area (Å²) in [7, 11) is 0. The molecule has 0 atom stereocenters. The summed E-state index contributed by atoms with van der Waals surface area (Å²) in [6.45, 7) is 3.82. The summed E-state index contributed by atoms with van der Waals surface area (Å²) in [5, 5.41) is 1.12. The Morgan fingerprint density at radius 2 is 1.48 bits per heavy atom. The molecule has 1 aromatic carbocycles. The second kappa shape index (κ2) is 6.70. The second-order valence-electron chi connectivity index (χ2n) is 6.53. The van der Waals surface area contributed by atoms with Crippen LogP contribution in [-0.2, 0) is 0 Å². The van der Waals surface area contributed by atoms with Gasteiger partial charge < -0.3 is 4.98 Å². The predicted octanol–water partition coefficient (Wildman–Crippen LogP) is 5.74. The normalized spacial score (nSPS) is 21.4. The lowest BCUT2D eigenvalue weighted by Crippen LogP contribution is -2.22. The summed E-state index contributed by atoms with van der Waals surface area (Å²) >= 11 is 12.1. The van der Waals surface area contributed by atoms with E-state index in [1.807, 2.05) is 26.0 Å². The molecule has 2 aromatic rings. The largest absolute Gasteiger partial charge is 0.361 e. The Morgan fingerprint density at radius 3 is 2.09 bits per heavy atom. The number of benzene rings is 1. The van der Waals surface area contributed by atoms with E-state index in [0.717, 1.165) is 47.7 Å². The van der Waals surface area contributed by atoms with Crippen molar-refractivity contribution in [2.45, 2.75) is 51.4 Å². The van der Waals surface area contributed by atoms with Gasteiger partial charge in [0.25, 0.3) is 0 Å². The molecule has 4 heteroatoms. The monoisotopic (exact) mass is 349 g/mol. The van der Waals surface area contributed by atoms with Gasteiger partial charge in [-0.1, -0.05) is 35.3 Å². The Labute approximate surface area is 146 Å². The van der Waals surface area contributed by atoms with Crippen LogP contribution in [0.25, 0.3) is 0 Å². The third kappa shape index (κ3) is 3.34. The minimum Gasteiger partial charge on any atom is -0.361 e. The second-order valence-corrected chi connectivity index (χ2v) is 7.35. The molecule has 0 bridgehead atoms. The number of aromatic nitrogens is 1. The minimum atomic E-state index is 0.00959. The lowest BCUT2D eigenvalue weighted by Gasteiger charge is -2.29. The van der Waals surface area contributed by atoms with Gasteiger partial charge in [0, 0.05) is 22.0 Å². The first-order chi connectivity index (χ1) is 11.0. The smallest absolute Gasteiger partial charge is 0.204 e. The average Bonchev–Trinajstić information content (AvgIpc) is 2.54. The first-order valence-electron chi connectivity index (χ1n) is 8.11. The van der Waals surface area contributed by atoms with E-state index in [2.05, 4.69) is 17.1 Å². The molecule has 0 spiro atoms. The number of halogens is 2. The lowest BCUT2D eigenvalue weighted by atomic mass is 9.76. The van der Waals surface area contributed by atoms with E-state index in [-0.39, 0.29) is 5.43 Å². The Bertz CT molecular complexity index is 756. The van der Waals surface area contributed by atoms with Gasteiger partial charge in [-0.25, -0.2) is 0 Å². The van der Waals surface area contributed by atoms with Crippen LogP contribution in [0, 0.1) is 13.8 Å². The van der Waals surface area contributed by atoms with E-state index in [1.165, 1.54) is 5.56 Å². The van der Waals surface area contributed by atoms with Gasteiger partial charge >= 0.3 is 0 Å². The van der Waals surface area contributed by atoms with E-state index >= 15 is 0 Å². The molecule has 2 nitrogen and oxygen atoms in total. The SMILES string of the molecule is Cc1[nH]c(C)c([C@H]2CC[C@H](c3ccc(Cl)cc3)CC2)c(=O)c1Cl. The van der Waals surface area contributed by atoms with Gasteiger partial charge in [-0.2, -0.15) is 0 Å². The van der Waals surface area contributed by atoms with Gasteiger partial charge in [-0.05, 0) is 69.1 Å². The first kappa shape index (κ1) is 16.6. The maximum Gasteiger partial charge on any atom is 0.204 e. The van der Waals surface area contributed by atoms with Crippen molar-refractivity contribution in [2.75, 3.05) is 0 Å². The lowest BCUT2D eigenvalue weighted by molar-refractivity contribution is 0.393. The zero-order valence-electron chi connectivity index (χ0n) is 13.5. The van der Waals surface area contributed by atoms with Crippen LogP contribution in [0.5, 0.6) is 0 Å². The van der Waals surface area contributed by atoms with Gasteiger partial charge in [0.1, 0.15) is 5.02 Å². The number of pyridine rings is 1. The van der Waals surface area contributed by atoms with Crippen molar-refractivity contribution in [1.82, 2.24) is 4.98 Å². The first-order valence-corrected chi connectivity index (χ1v) is 8.87. The topological polar surface area (TPSA) is 32.9 Å². The van der Waals surface area contributed by atoms with E-state index in [1.54, 1.807) is 0 Å². The third-order valence-corrected chi connectivity index (χ3v) is 5.74. The molecule has 23 heavy (non-hydrogen) atoms. The van der Waals surface area contributed by atoms with Crippen molar-refractivity contribution in [3.8, 4) is 0 Å². The molecule has 0 saturated heterocycles. The molecule has 1 fully saturated rings. The van der Waals surface area contributed by atoms with Gasteiger partial charge in [-0.15, -0.1) is 0 Å². The molecule has 3 rings (SSSR count). The van der Waals surface area contributed by atoms with Gasteiger partial charge in [0.15, 0.2) is 0 Å². The van der Waals surface area contributed by atoms with Gasteiger partial charge in [-0.3, -0.25) is 4.79 Å². The Kier molecular flexibility index (Phi) is 4.84. The van der Waals surface area contributed by atoms with Crippen LogP contribution >= 0.6 is 23.2 Å². The van der Waals surface area contributed by atoms with E-state index in [9.17, 15) is 4.79 Å². The van der Waals surface area contributed by atoms with Crippen LogP contribution in [0.2, 0.25) is 10.0 Å². The standard InChI is InChI=1S/C19H21Cl2NO/c1-11-17(19(23)18(21)12(2)22-11)15-5-3-13(4-6-15)14-7-9-16(20)10-8-14/h7-10,13,15H,3-6H2,1-2H3,(H,22,23)/t13-,15-. The van der Waals surface area contributed by atoms with E-state index in [0.29, 0.717) is 16.9 Å². The highest BCUT2D eigenvalue weighted by atomic mass is 35.5. The maximum atomic E-state index is 12.5. The fraction of sp³-hybridized carbons (Fsp3) is 0.421. The van der Waals surface area contributed by atoms with Crippen LogP contribution < -0.4 is 5.43 Å². The Balaban J connectivity index is 1.78. The molecule has 1 saturated carbocycles. The van der Waals surface area contributed by atoms with E-state index < -0.39 is 0 Å². The van der Waals surface area contributed by atoms with Crippen LogP contribution in [-0.4, -0.2) is 4.98 Å². The maximum absolute atomic E-state index is 12.5. The quantitative estimate of drug-likeness (QED) is 0.736. The molecule has 0 radical (unpaired) electrons. The minimum absolute atomic E-state index is 0.00959. The summed E-state index contributed by atoms with van der Waals surface area (Å²) in [6, 6.07) is 8.15. The molecule has 1 heterocycles. The highest BCUT2D eigenvalue weighted by molar-refractivity contribution is 6.31. The molecular weight excluding hydrogens is 329 g/mol. The zero-order chi connectivity index (χ0) is 16.6. The number of aromatic amines is 1. The number of rotatable bonds is 2. The highest BCUT2D eigenvalue weighted by Gasteiger charge is 2.27. The van der Waals surface area contributed by atoms with Crippen molar-refractivity contribution in [2.24, 2.45) is 0 Å². The third-order valence-electron chi connectivity index (χ3n) is 5.03. The zero-order valence-corrected chi connectivity index (χ0v) is 15.0. The molecule has 1 aliphatic rings. The summed E-state index contributed by atoms with van der Waals surface area (Å²) in [4.78, 5) is 15.8. The molecular formula is C19H21Cl2NO. The predicted molar refractivity (Wildman–Crippen MR) is 96.9 cm³/mol. The van der Waals surface area contributed by atoms with Gasteiger partial charge in [0.05, 0.1) is 0 Å². The molecule has 0 aliphatic heterocycles. The summed E-state index contributed by atoms with van der Waals surface area (Å²) in [5.74, 6) is 0.865. The van der Waals surface area contributed by atoms with Gasteiger partial charge in [0.2, 0.25) is 5.43 Å². The van der Waals surface area contributed by atoms with Crippen LogP contribution in [0.3, 0.4) is 0 Å². The fourth-order valence-electron chi connectivity index (χ4n) is 3.80. The molecule has 122 valence electrons. The number of H-pyrrole nitrogens is 1. The Morgan fingerprint density at radius 1 is 0.913 bits per heavy atom. The van der Waals surface area contributed by atoms with Crippen LogP contribution in [0.1, 0.15) is 60.0 Å². The van der Waals surface area contributed by atoms with E-state index in [4.69, 9.17) is 23.2 Å². The number of nitrogens with one attached hydrogen (secondary N) is 1. The molecule has 0 unspecified atom stereocenters. The summed E-state index contributed by atoms with van der Waals surface area (Å²) in [5.41, 5.74) is 3.96. The van der Waals surface area contributed by atoms with Crippen molar-refractivity contribution in [3.05, 3.63) is 67.0 Å². The molecule has 1 aromatic heterocycles. The number of hydrogen-bond acceptors (Lipinski definition) is 1. The highest BCUT2D eigenvalue weighted by Crippen LogP contribution is 2.40. The summed E-state index contributed by atoms with van der Waals surface area (Å²) in [6.07, 6.45) is 4.24. The molecule has 1 N–H and O–H groups in total. The average molecular weight is 350 g/mol. The van der Waals surface area contributed by atoms with Crippen molar-refractivity contribution < 1.29 is 0 Å². The van der Waals surface area contributed by atoms with Crippen molar-refractivity contribution >= 4 is 23.2 Å².